The Kier molecular flexibility index (Phi) is 4.61. The lowest BCUT2D eigenvalue weighted by Crippen LogP contribution is -2.36. The molecule has 0 aliphatic heterocycles. The number of nitrogens with zero attached hydrogens (tertiary/aromatic N) is 1. The number of hydrogen-bond acceptors (Lipinski definition) is 3. The van der Waals surface area contributed by atoms with Crippen molar-refractivity contribution in [2.45, 2.75) is 6.18 Å². The van der Waals surface area contributed by atoms with Crippen molar-refractivity contribution >= 4 is 21.9 Å². The minimum absolute atomic E-state index is 0.308. The first-order valence-corrected chi connectivity index (χ1v) is 6.59. The molecule has 0 bridgehead atoms. The molecule has 1 aromatic carbocycles. The number of carboxylic acids is 1. The molecule has 0 radical (unpaired) electrons. The molecule has 6 nitrogen and oxygen atoms in total. The summed E-state index contributed by atoms with van der Waals surface area (Å²) >= 11 is 0. The molecule has 0 saturated heterocycles. The Morgan fingerprint density at radius 2 is 2.00 bits per heavy atom. The maximum absolute atomic E-state index is 12.5. The van der Waals surface area contributed by atoms with Gasteiger partial charge in [-0.2, -0.15) is 25.9 Å². The monoisotopic (exact) mass is 312 g/mol. The normalized spacial score (nSPS) is 12.4. The lowest BCUT2D eigenvalue weighted by Gasteiger charge is -2.17. The Bertz CT molecular complexity index is 601. The van der Waals surface area contributed by atoms with E-state index in [0.717, 1.165) is 25.2 Å². The van der Waals surface area contributed by atoms with E-state index < -0.39 is 34.5 Å². The van der Waals surface area contributed by atoms with Crippen LogP contribution in [0.3, 0.4) is 0 Å². The van der Waals surface area contributed by atoms with Gasteiger partial charge in [0.1, 0.15) is 6.54 Å². The van der Waals surface area contributed by atoms with Gasteiger partial charge in [0.05, 0.1) is 11.3 Å². The van der Waals surface area contributed by atoms with Gasteiger partial charge in [0.2, 0.25) is 0 Å². The number of anilines is 1. The van der Waals surface area contributed by atoms with Crippen LogP contribution in [0.25, 0.3) is 0 Å². The number of nitrogens with one attached hydrogen (secondary N) is 1. The number of halogens is 3. The molecular formula is C10H11F3N2O4S. The molecule has 112 valence electrons. The summed E-state index contributed by atoms with van der Waals surface area (Å²) in [5.74, 6) is -1.39. The number of alkyl halides is 3. The van der Waals surface area contributed by atoms with Gasteiger partial charge in [-0.25, -0.2) is 0 Å². The van der Waals surface area contributed by atoms with Crippen LogP contribution in [0, 0.1) is 0 Å². The van der Waals surface area contributed by atoms with Crippen LogP contribution in [0.1, 0.15) is 5.56 Å². The second-order valence-corrected chi connectivity index (χ2v) is 5.61. The number of aliphatic carboxylic acids is 1. The Morgan fingerprint density at radius 3 is 2.50 bits per heavy atom. The highest BCUT2D eigenvalue weighted by Crippen LogP contribution is 2.30. The van der Waals surface area contributed by atoms with Crippen molar-refractivity contribution in [3.05, 3.63) is 29.8 Å². The summed E-state index contributed by atoms with van der Waals surface area (Å²) in [6.07, 6.45) is -4.60. The molecule has 0 aliphatic rings. The van der Waals surface area contributed by atoms with E-state index in [0.29, 0.717) is 10.4 Å². The molecule has 0 heterocycles. The highest BCUT2D eigenvalue weighted by Gasteiger charge is 2.31. The molecule has 1 aromatic rings. The first kappa shape index (κ1) is 16.2. The predicted octanol–water partition coefficient (Wildman–Crippen LogP) is 1.38. The number of rotatable bonds is 5. The van der Waals surface area contributed by atoms with Crippen molar-refractivity contribution in [2.24, 2.45) is 0 Å². The molecule has 0 saturated carbocycles. The first-order valence-electron chi connectivity index (χ1n) is 5.15. The van der Waals surface area contributed by atoms with Crippen molar-refractivity contribution in [3.8, 4) is 0 Å². The van der Waals surface area contributed by atoms with Crippen LogP contribution in [-0.4, -0.2) is 37.4 Å². The predicted molar refractivity (Wildman–Crippen MR) is 64.3 cm³/mol. The van der Waals surface area contributed by atoms with E-state index in [1.807, 2.05) is 4.72 Å². The van der Waals surface area contributed by atoms with Gasteiger partial charge in [0.25, 0.3) is 0 Å². The van der Waals surface area contributed by atoms with Gasteiger partial charge in [-0.1, -0.05) is 6.07 Å². The van der Waals surface area contributed by atoms with Crippen LogP contribution in [-0.2, 0) is 21.2 Å². The molecule has 2 N–H and O–H groups in total. The zero-order chi connectivity index (χ0) is 15.6. The summed E-state index contributed by atoms with van der Waals surface area (Å²) in [5.41, 5.74) is -1.32. The van der Waals surface area contributed by atoms with E-state index in [4.69, 9.17) is 5.11 Å². The number of carboxylic acid groups (broad SMARTS) is 1. The summed E-state index contributed by atoms with van der Waals surface area (Å²) in [6, 6.07) is 3.57. The fourth-order valence-electron chi connectivity index (χ4n) is 1.26. The molecule has 0 aromatic heterocycles. The molecule has 0 atom stereocenters. The van der Waals surface area contributed by atoms with Crippen molar-refractivity contribution in [2.75, 3.05) is 18.3 Å². The Morgan fingerprint density at radius 1 is 1.40 bits per heavy atom. The average molecular weight is 312 g/mol. The van der Waals surface area contributed by atoms with Crippen LogP contribution in [0.4, 0.5) is 18.9 Å². The first-order chi connectivity index (χ1) is 9.02. The Labute approximate surface area is 113 Å². The number of carbonyl (C=O) groups is 1. The maximum Gasteiger partial charge on any atom is 0.416 e. The van der Waals surface area contributed by atoms with Gasteiger partial charge in [-0.05, 0) is 18.2 Å². The van der Waals surface area contributed by atoms with Crippen LogP contribution in [0.2, 0.25) is 0 Å². The quantitative estimate of drug-likeness (QED) is 0.860. The van der Waals surface area contributed by atoms with Gasteiger partial charge in [-0.3, -0.25) is 9.52 Å². The summed E-state index contributed by atoms with van der Waals surface area (Å²) < 4.78 is 63.1. The van der Waals surface area contributed by atoms with Gasteiger partial charge in [0.15, 0.2) is 0 Å². The fraction of sp³-hybridized carbons (Fsp3) is 0.300. The molecule has 0 amide bonds. The third-order valence-corrected chi connectivity index (χ3v) is 3.65. The van der Waals surface area contributed by atoms with Gasteiger partial charge < -0.3 is 5.11 Å². The summed E-state index contributed by atoms with van der Waals surface area (Å²) in [7, 11) is -3.25. The summed E-state index contributed by atoms with van der Waals surface area (Å²) in [4.78, 5) is 10.4. The molecule has 0 aliphatic carbocycles. The smallest absolute Gasteiger partial charge is 0.416 e. The number of benzene rings is 1. The number of likely N-dealkylation sites (N-methyl/N-ethyl adjacent to an activating group) is 1. The molecule has 20 heavy (non-hydrogen) atoms. The second-order valence-electron chi connectivity index (χ2n) is 3.84. The molecule has 10 heteroatoms. The van der Waals surface area contributed by atoms with Crippen molar-refractivity contribution in [1.29, 1.82) is 0 Å². The lowest BCUT2D eigenvalue weighted by atomic mass is 10.2. The third-order valence-electron chi connectivity index (χ3n) is 2.20. The SMILES string of the molecule is CN(CC(=O)O)S(=O)(=O)Nc1cccc(C(F)(F)F)c1. The molecule has 0 fully saturated rings. The Balaban J connectivity index is 2.96. The van der Waals surface area contributed by atoms with Gasteiger partial charge in [-0.15, -0.1) is 0 Å². The van der Waals surface area contributed by atoms with E-state index in [1.54, 1.807) is 0 Å². The molecular weight excluding hydrogens is 301 g/mol. The third kappa shape index (κ3) is 4.38. The van der Waals surface area contributed by atoms with Crippen LogP contribution in [0.15, 0.2) is 24.3 Å². The summed E-state index contributed by atoms with van der Waals surface area (Å²) in [5, 5.41) is 8.48. The topological polar surface area (TPSA) is 86.7 Å². The molecule has 1 rings (SSSR count). The van der Waals surface area contributed by atoms with Crippen molar-refractivity contribution in [1.82, 2.24) is 4.31 Å². The molecule has 0 unspecified atom stereocenters. The fourth-order valence-corrected chi connectivity index (χ4v) is 2.12. The van der Waals surface area contributed by atoms with E-state index in [2.05, 4.69) is 0 Å². The highest BCUT2D eigenvalue weighted by atomic mass is 32.2. The van der Waals surface area contributed by atoms with E-state index in [9.17, 15) is 26.4 Å². The van der Waals surface area contributed by atoms with Gasteiger partial charge >= 0.3 is 22.4 Å². The summed E-state index contributed by atoms with van der Waals surface area (Å²) in [6.45, 7) is -0.811. The van der Waals surface area contributed by atoms with E-state index >= 15 is 0 Å². The zero-order valence-electron chi connectivity index (χ0n) is 10.2. The van der Waals surface area contributed by atoms with Crippen LogP contribution < -0.4 is 4.72 Å². The van der Waals surface area contributed by atoms with Crippen LogP contribution >= 0.6 is 0 Å². The van der Waals surface area contributed by atoms with Crippen LogP contribution in [0.5, 0.6) is 0 Å². The average Bonchev–Trinajstić information content (AvgIpc) is 2.26. The Hall–Kier alpha value is -1.81. The largest absolute Gasteiger partial charge is 0.480 e. The number of hydrogen-bond donors (Lipinski definition) is 2. The minimum Gasteiger partial charge on any atom is -0.480 e. The van der Waals surface area contributed by atoms with Gasteiger partial charge in [0, 0.05) is 7.05 Å². The minimum atomic E-state index is -4.60. The van der Waals surface area contributed by atoms with E-state index in [1.165, 1.54) is 0 Å². The van der Waals surface area contributed by atoms with Crippen molar-refractivity contribution in [3.63, 3.8) is 0 Å². The zero-order valence-corrected chi connectivity index (χ0v) is 11.0. The molecule has 0 spiro atoms. The lowest BCUT2D eigenvalue weighted by molar-refractivity contribution is -0.138. The second kappa shape index (κ2) is 5.67. The highest BCUT2D eigenvalue weighted by molar-refractivity contribution is 7.90. The standard InChI is InChI=1S/C10H11F3N2O4S/c1-15(6-9(16)17)20(18,19)14-8-4-2-3-7(5-8)10(11,12)13/h2-5,14H,6H2,1H3,(H,16,17). The van der Waals surface area contributed by atoms with Crippen molar-refractivity contribution < 1.29 is 31.5 Å². The maximum atomic E-state index is 12.5. The van der Waals surface area contributed by atoms with E-state index in [-0.39, 0.29) is 5.69 Å².